The smallest absolute Gasteiger partial charge is 0.307 e. The van der Waals surface area contributed by atoms with Gasteiger partial charge < -0.3 is 15.7 Å². The third-order valence-corrected chi connectivity index (χ3v) is 4.18. The van der Waals surface area contributed by atoms with Crippen molar-refractivity contribution in [3.8, 4) is 0 Å². The van der Waals surface area contributed by atoms with Crippen LogP contribution in [-0.2, 0) is 14.4 Å². The van der Waals surface area contributed by atoms with Crippen LogP contribution in [0.5, 0.6) is 0 Å². The minimum atomic E-state index is -0.934. The molecule has 2 bridgehead atoms. The molecule has 1 fully saturated rings. The normalized spacial score (nSPS) is 29.7. The summed E-state index contributed by atoms with van der Waals surface area (Å²) in [6, 6.07) is 0. The molecule has 0 aromatic carbocycles. The number of carboxylic acids is 1. The highest BCUT2D eigenvalue weighted by atomic mass is 16.4. The quantitative estimate of drug-likeness (QED) is 0.618. The number of rotatable bonds is 6. The Morgan fingerprint density at radius 3 is 2.33 bits per heavy atom. The summed E-state index contributed by atoms with van der Waals surface area (Å²) >= 11 is 0. The Labute approximate surface area is 124 Å². The molecule has 6 nitrogen and oxygen atoms in total. The zero-order valence-electron chi connectivity index (χ0n) is 12.3. The van der Waals surface area contributed by atoms with Crippen molar-refractivity contribution in [2.75, 3.05) is 13.1 Å². The summed E-state index contributed by atoms with van der Waals surface area (Å²) in [6.45, 7) is 4.43. The van der Waals surface area contributed by atoms with E-state index in [0.29, 0.717) is 18.9 Å². The lowest BCUT2D eigenvalue weighted by Gasteiger charge is -2.23. The molecule has 116 valence electrons. The Hall–Kier alpha value is -1.85. The number of aliphatic carboxylic acids is 1. The first-order valence-corrected chi connectivity index (χ1v) is 7.35. The Morgan fingerprint density at radius 2 is 1.76 bits per heavy atom. The second-order valence-electron chi connectivity index (χ2n) is 6.25. The third-order valence-electron chi connectivity index (χ3n) is 4.18. The second-order valence-corrected chi connectivity index (χ2v) is 6.25. The molecule has 6 heteroatoms. The molecule has 0 heterocycles. The highest BCUT2D eigenvalue weighted by Crippen LogP contribution is 2.48. The zero-order valence-corrected chi connectivity index (χ0v) is 12.3. The number of carboxylic acid groups (broad SMARTS) is 1. The van der Waals surface area contributed by atoms with Gasteiger partial charge in [-0.2, -0.15) is 0 Å². The fourth-order valence-electron chi connectivity index (χ4n) is 3.18. The molecule has 4 atom stereocenters. The number of hydrogen-bond acceptors (Lipinski definition) is 3. The minimum Gasteiger partial charge on any atom is -0.481 e. The maximum Gasteiger partial charge on any atom is 0.307 e. The molecule has 2 unspecified atom stereocenters. The summed E-state index contributed by atoms with van der Waals surface area (Å²) in [5, 5.41) is 14.6. The first-order chi connectivity index (χ1) is 9.90. The maximum absolute atomic E-state index is 12.2. The van der Waals surface area contributed by atoms with E-state index in [1.807, 2.05) is 26.0 Å². The van der Waals surface area contributed by atoms with E-state index in [9.17, 15) is 19.5 Å². The number of carbonyl (C=O) groups is 3. The molecule has 0 radical (unpaired) electrons. The van der Waals surface area contributed by atoms with E-state index in [4.69, 9.17) is 0 Å². The van der Waals surface area contributed by atoms with Gasteiger partial charge in [-0.1, -0.05) is 26.0 Å². The molecule has 2 aliphatic rings. The van der Waals surface area contributed by atoms with E-state index in [2.05, 4.69) is 10.6 Å². The van der Waals surface area contributed by atoms with Gasteiger partial charge in [-0.25, -0.2) is 0 Å². The summed E-state index contributed by atoms with van der Waals surface area (Å²) in [6.07, 6.45) is 4.53. The van der Waals surface area contributed by atoms with Gasteiger partial charge in [-0.3, -0.25) is 14.4 Å². The molecule has 0 saturated heterocycles. The molecular formula is C15H22N2O4. The lowest BCUT2D eigenvalue weighted by molar-refractivity contribution is -0.147. The van der Waals surface area contributed by atoms with Crippen molar-refractivity contribution in [1.82, 2.24) is 10.6 Å². The third kappa shape index (κ3) is 3.43. The SMILES string of the molecule is CC(C)CNC(=O)CNC(=O)[C@H]1C2C=CC(C2)[C@H]1C(=O)O. The average molecular weight is 294 g/mol. The largest absolute Gasteiger partial charge is 0.481 e. The van der Waals surface area contributed by atoms with Crippen molar-refractivity contribution < 1.29 is 19.5 Å². The average Bonchev–Trinajstić information content (AvgIpc) is 3.02. The summed E-state index contributed by atoms with van der Waals surface area (Å²) in [5.74, 6) is -2.48. The Balaban J connectivity index is 1.87. The number of fused-ring (bicyclic) bond motifs is 2. The van der Waals surface area contributed by atoms with Crippen molar-refractivity contribution in [3.63, 3.8) is 0 Å². The molecule has 0 aliphatic heterocycles. The van der Waals surface area contributed by atoms with Crippen LogP contribution < -0.4 is 10.6 Å². The van der Waals surface area contributed by atoms with Crippen molar-refractivity contribution in [1.29, 1.82) is 0 Å². The van der Waals surface area contributed by atoms with Crippen LogP contribution in [0.1, 0.15) is 20.3 Å². The van der Waals surface area contributed by atoms with Gasteiger partial charge in [0, 0.05) is 6.54 Å². The van der Waals surface area contributed by atoms with Crippen molar-refractivity contribution >= 4 is 17.8 Å². The van der Waals surface area contributed by atoms with Gasteiger partial charge >= 0.3 is 5.97 Å². The van der Waals surface area contributed by atoms with Gasteiger partial charge in [0.15, 0.2) is 0 Å². The number of carbonyl (C=O) groups excluding carboxylic acids is 2. The van der Waals surface area contributed by atoms with Crippen LogP contribution in [0, 0.1) is 29.6 Å². The predicted octanol–water partition coefficient (Wildman–Crippen LogP) is 0.398. The van der Waals surface area contributed by atoms with E-state index in [-0.39, 0.29) is 30.2 Å². The molecule has 0 aromatic heterocycles. The van der Waals surface area contributed by atoms with Crippen molar-refractivity contribution in [2.24, 2.45) is 29.6 Å². The highest BCUT2D eigenvalue weighted by Gasteiger charge is 2.51. The molecule has 1 saturated carbocycles. The lowest BCUT2D eigenvalue weighted by Crippen LogP contribution is -2.44. The van der Waals surface area contributed by atoms with Crippen LogP contribution in [-0.4, -0.2) is 36.0 Å². The van der Waals surface area contributed by atoms with Crippen molar-refractivity contribution in [3.05, 3.63) is 12.2 Å². The highest BCUT2D eigenvalue weighted by molar-refractivity contribution is 5.89. The topological polar surface area (TPSA) is 95.5 Å². The number of hydrogen-bond donors (Lipinski definition) is 3. The Kier molecular flexibility index (Phi) is 4.65. The van der Waals surface area contributed by atoms with Gasteiger partial charge in [0.2, 0.25) is 11.8 Å². The van der Waals surface area contributed by atoms with Crippen LogP contribution in [0.15, 0.2) is 12.2 Å². The molecule has 2 aliphatic carbocycles. The van der Waals surface area contributed by atoms with Crippen LogP contribution in [0.4, 0.5) is 0 Å². The number of nitrogens with one attached hydrogen (secondary N) is 2. The van der Waals surface area contributed by atoms with Crippen LogP contribution in [0.3, 0.4) is 0 Å². The minimum absolute atomic E-state index is 0.0187. The lowest BCUT2D eigenvalue weighted by atomic mass is 9.82. The van der Waals surface area contributed by atoms with Gasteiger partial charge in [-0.15, -0.1) is 0 Å². The van der Waals surface area contributed by atoms with Crippen molar-refractivity contribution in [2.45, 2.75) is 20.3 Å². The van der Waals surface area contributed by atoms with Crippen LogP contribution in [0.2, 0.25) is 0 Å². The van der Waals surface area contributed by atoms with Gasteiger partial charge in [0.25, 0.3) is 0 Å². The first kappa shape index (κ1) is 15.5. The zero-order chi connectivity index (χ0) is 15.6. The maximum atomic E-state index is 12.2. The van der Waals surface area contributed by atoms with E-state index in [1.54, 1.807) is 0 Å². The van der Waals surface area contributed by atoms with Gasteiger partial charge in [0.05, 0.1) is 18.4 Å². The molecule has 2 rings (SSSR count). The monoisotopic (exact) mass is 294 g/mol. The van der Waals surface area contributed by atoms with E-state index in [0.717, 1.165) is 0 Å². The number of amides is 2. The predicted molar refractivity (Wildman–Crippen MR) is 76.2 cm³/mol. The first-order valence-electron chi connectivity index (χ1n) is 7.35. The van der Waals surface area contributed by atoms with Crippen LogP contribution in [0.25, 0.3) is 0 Å². The Bertz CT molecular complexity index is 472. The molecule has 2 amide bonds. The fraction of sp³-hybridized carbons (Fsp3) is 0.667. The molecular weight excluding hydrogens is 272 g/mol. The Morgan fingerprint density at radius 1 is 1.14 bits per heavy atom. The molecule has 0 spiro atoms. The van der Waals surface area contributed by atoms with Gasteiger partial charge in [0.1, 0.15) is 0 Å². The van der Waals surface area contributed by atoms with Crippen LogP contribution >= 0.6 is 0 Å². The van der Waals surface area contributed by atoms with Gasteiger partial charge in [-0.05, 0) is 24.2 Å². The number of allylic oxidation sites excluding steroid dienone is 2. The second kappa shape index (κ2) is 6.28. The molecule has 3 N–H and O–H groups in total. The van der Waals surface area contributed by atoms with E-state index in [1.165, 1.54) is 0 Å². The standard InChI is InChI=1S/C15H22N2O4/c1-8(2)6-16-11(18)7-17-14(19)12-9-3-4-10(5-9)13(12)15(20)21/h3-4,8-10,12-13H,5-7H2,1-2H3,(H,16,18)(H,17,19)(H,20,21)/t9?,10?,12-,13+/m0/s1. The summed E-state index contributed by atoms with van der Waals surface area (Å²) < 4.78 is 0. The molecule has 0 aromatic rings. The van der Waals surface area contributed by atoms with E-state index < -0.39 is 17.8 Å². The summed E-state index contributed by atoms with van der Waals surface area (Å²) in [5.41, 5.74) is 0. The summed E-state index contributed by atoms with van der Waals surface area (Å²) in [4.78, 5) is 35.1. The molecule has 21 heavy (non-hydrogen) atoms. The van der Waals surface area contributed by atoms with E-state index >= 15 is 0 Å². The fourth-order valence-corrected chi connectivity index (χ4v) is 3.18. The summed E-state index contributed by atoms with van der Waals surface area (Å²) in [7, 11) is 0.